The molecule has 3 heterocycles. The molecular weight excluding hydrogens is 286 g/mol. The highest BCUT2D eigenvalue weighted by Gasteiger charge is 2.26. The molecule has 1 fully saturated rings. The average molecular weight is 305 g/mol. The number of amides is 1. The van der Waals surface area contributed by atoms with Crippen molar-refractivity contribution < 1.29 is 4.79 Å². The highest BCUT2D eigenvalue weighted by Crippen LogP contribution is 2.33. The summed E-state index contributed by atoms with van der Waals surface area (Å²) in [5, 5.41) is 1.02. The SMILES string of the molecule is CCc1cc2c(N3CCCC(C(N)=O)C3)nc(N)nc2s1. The van der Waals surface area contributed by atoms with Gasteiger partial charge in [0.25, 0.3) is 0 Å². The number of primary amides is 1. The van der Waals surface area contributed by atoms with Gasteiger partial charge in [-0.3, -0.25) is 4.79 Å². The second kappa shape index (κ2) is 5.48. The lowest BCUT2D eigenvalue weighted by molar-refractivity contribution is -0.122. The number of nitrogens with zero attached hydrogens (tertiary/aromatic N) is 3. The quantitative estimate of drug-likeness (QED) is 0.896. The van der Waals surface area contributed by atoms with Gasteiger partial charge in [0.15, 0.2) is 0 Å². The molecule has 4 N–H and O–H groups in total. The van der Waals surface area contributed by atoms with E-state index in [2.05, 4.69) is 27.9 Å². The summed E-state index contributed by atoms with van der Waals surface area (Å²) in [5.74, 6) is 0.759. The smallest absolute Gasteiger partial charge is 0.223 e. The first-order valence-corrected chi connectivity index (χ1v) is 8.00. The molecule has 112 valence electrons. The monoisotopic (exact) mass is 305 g/mol. The van der Waals surface area contributed by atoms with Crippen molar-refractivity contribution in [3.05, 3.63) is 10.9 Å². The molecule has 1 saturated heterocycles. The Kier molecular flexibility index (Phi) is 3.67. The van der Waals surface area contributed by atoms with E-state index in [4.69, 9.17) is 11.5 Å². The zero-order valence-corrected chi connectivity index (χ0v) is 12.8. The predicted molar refractivity (Wildman–Crippen MR) is 85.3 cm³/mol. The number of piperidine rings is 1. The van der Waals surface area contributed by atoms with Crippen LogP contribution >= 0.6 is 11.3 Å². The third kappa shape index (κ3) is 2.65. The van der Waals surface area contributed by atoms with E-state index in [0.29, 0.717) is 6.54 Å². The van der Waals surface area contributed by atoms with Crippen molar-refractivity contribution in [1.82, 2.24) is 9.97 Å². The van der Waals surface area contributed by atoms with E-state index < -0.39 is 0 Å². The van der Waals surface area contributed by atoms with Crippen LogP contribution in [0.1, 0.15) is 24.6 Å². The molecule has 0 saturated carbocycles. The molecule has 1 atom stereocenters. The fraction of sp³-hybridized carbons (Fsp3) is 0.500. The van der Waals surface area contributed by atoms with Gasteiger partial charge < -0.3 is 16.4 Å². The molecule has 3 rings (SSSR count). The van der Waals surface area contributed by atoms with Crippen LogP contribution in [0.4, 0.5) is 11.8 Å². The molecule has 7 heteroatoms. The van der Waals surface area contributed by atoms with Crippen LogP contribution in [-0.4, -0.2) is 29.0 Å². The number of nitrogens with two attached hydrogens (primary N) is 2. The summed E-state index contributed by atoms with van der Waals surface area (Å²) in [6.45, 7) is 3.59. The molecule has 0 aliphatic carbocycles. The molecule has 1 aliphatic heterocycles. The molecule has 2 aromatic rings. The first kappa shape index (κ1) is 14.1. The Bertz CT molecular complexity index is 683. The Morgan fingerprint density at radius 3 is 3.05 bits per heavy atom. The molecular formula is C14H19N5OS. The fourth-order valence-electron chi connectivity index (χ4n) is 2.79. The van der Waals surface area contributed by atoms with Crippen LogP contribution < -0.4 is 16.4 Å². The minimum Gasteiger partial charge on any atom is -0.369 e. The maximum absolute atomic E-state index is 11.5. The highest BCUT2D eigenvalue weighted by atomic mass is 32.1. The maximum atomic E-state index is 11.5. The highest BCUT2D eigenvalue weighted by molar-refractivity contribution is 7.18. The van der Waals surface area contributed by atoms with Crippen LogP contribution in [0.5, 0.6) is 0 Å². The van der Waals surface area contributed by atoms with Gasteiger partial charge in [-0.05, 0) is 25.3 Å². The van der Waals surface area contributed by atoms with Crippen molar-refractivity contribution in [2.75, 3.05) is 23.7 Å². The normalized spacial score (nSPS) is 19.1. The summed E-state index contributed by atoms with van der Waals surface area (Å²) >= 11 is 1.65. The van der Waals surface area contributed by atoms with Crippen LogP contribution in [-0.2, 0) is 11.2 Å². The molecule has 0 aromatic carbocycles. The summed E-state index contributed by atoms with van der Waals surface area (Å²) in [4.78, 5) is 24.5. The third-order valence-electron chi connectivity index (χ3n) is 3.91. The lowest BCUT2D eigenvalue weighted by Crippen LogP contribution is -2.41. The molecule has 0 spiro atoms. The van der Waals surface area contributed by atoms with Crippen LogP contribution in [0.3, 0.4) is 0 Å². The summed E-state index contributed by atoms with van der Waals surface area (Å²) in [6, 6.07) is 2.13. The molecule has 2 aromatic heterocycles. The van der Waals surface area contributed by atoms with Crippen LogP contribution in [0.15, 0.2) is 6.07 Å². The number of hydrogen-bond acceptors (Lipinski definition) is 6. The topological polar surface area (TPSA) is 98.1 Å². The Labute approximate surface area is 127 Å². The molecule has 1 aliphatic rings. The Balaban J connectivity index is 2.02. The van der Waals surface area contributed by atoms with E-state index >= 15 is 0 Å². The minimum absolute atomic E-state index is 0.116. The van der Waals surface area contributed by atoms with Crippen molar-refractivity contribution in [3.8, 4) is 0 Å². The van der Waals surface area contributed by atoms with E-state index in [1.165, 1.54) is 4.88 Å². The zero-order chi connectivity index (χ0) is 15.0. The standard InChI is InChI=1S/C14H19N5OS/c1-2-9-6-10-12(17-14(16)18-13(10)21-9)19-5-3-4-8(7-19)11(15)20/h6,8H,2-5,7H2,1H3,(H2,15,20)(H2,16,17,18). The minimum atomic E-state index is -0.238. The third-order valence-corrected chi connectivity index (χ3v) is 5.09. The Hall–Kier alpha value is -1.89. The van der Waals surface area contributed by atoms with Gasteiger partial charge in [0, 0.05) is 18.0 Å². The van der Waals surface area contributed by atoms with Crippen molar-refractivity contribution in [3.63, 3.8) is 0 Å². The van der Waals surface area contributed by atoms with Gasteiger partial charge in [-0.1, -0.05) is 6.92 Å². The summed E-state index contributed by atoms with van der Waals surface area (Å²) < 4.78 is 0. The summed E-state index contributed by atoms with van der Waals surface area (Å²) in [6.07, 6.45) is 2.74. The Morgan fingerprint density at radius 2 is 2.33 bits per heavy atom. The molecule has 1 amide bonds. The Morgan fingerprint density at radius 1 is 1.52 bits per heavy atom. The van der Waals surface area contributed by atoms with E-state index in [9.17, 15) is 4.79 Å². The second-order valence-electron chi connectivity index (χ2n) is 5.38. The molecule has 21 heavy (non-hydrogen) atoms. The number of anilines is 2. The van der Waals surface area contributed by atoms with Gasteiger partial charge in [-0.15, -0.1) is 11.3 Å². The number of carbonyl (C=O) groups is 1. The van der Waals surface area contributed by atoms with Gasteiger partial charge in [0.05, 0.1) is 11.3 Å². The number of hydrogen-bond donors (Lipinski definition) is 2. The van der Waals surface area contributed by atoms with Gasteiger partial charge in [0.1, 0.15) is 10.6 Å². The molecule has 0 bridgehead atoms. The van der Waals surface area contributed by atoms with Gasteiger partial charge in [-0.2, -0.15) is 4.98 Å². The van der Waals surface area contributed by atoms with E-state index in [1.807, 2.05) is 0 Å². The van der Waals surface area contributed by atoms with Crippen molar-refractivity contribution in [2.45, 2.75) is 26.2 Å². The van der Waals surface area contributed by atoms with E-state index in [1.54, 1.807) is 11.3 Å². The number of carbonyl (C=O) groups excluding carboxylic acids is 1. The number of aromatic nitrogens is 2. The van der Waals surface area contributed by atoms with E-state index in [0.717, 1.165) is 41.8 Å². The lowest BCUT2D eigenvalue weighted by atomic mass is 9.97. The largest absolute Gasteiger partial charge is 0.369 e. The number of nitrogen functional groups attached to an aromatic ring is 1. The van der Waals surface area contributed by atoms with Crippen LogP contribution in [0.2, 0.25) is 0 Å². The van der Waals surface area contributed by atoms with Crippen molar-refractivity contribution in [2.24, 2.45) is 11.7 Å². The van der Waals surface area contributed by atoms with Crippen molar-refractivity contribution >= 4 is 39.2 Å². The number of aryl methyl sites for hydroxylation is 1. The van der Waals surface area contributed by atoms with Gasteiger partial charge >= 0.3 is 0 Å². The molecule has 0 radical (unpaired) electrons. The van der Waals surface area contributed by atoms with E-state index in [-0.39, 0.29) is 17.8 Å². The van der Waals surface area contributed by atoms with Gasteiger partial charge in [0.2, 0.25) is 11.9 Å². The lowest BCUT2D eigenvalue weighted by Gasteiger charge is -2.32. The van der Waals surface area contributed by atoms with Crippen molar-refractivity contribution in [1.29, 1.82) is 0 Å². The zero-order valence-electron chi connectivity index (χ0n) is 12.0. The number of fused-ring (bicyclic) bond motifs is 1. The summed E-state index contributed by atoms with van der Waals surface area (Å²) in [7, 11) is 0. The molecule has 6 nitrogen and oxygen atoms in total. The fourth-order valence-corrected chi connectivity index (χ4v) is 3.76. The van der Waals surface area contributed by atoms with Gasteiger partial charge in [-0.25, -0.2) is 4.98 Å². The first-order valence-electron chi connectivity index (χ1n) is 7.18. The summed E-state index contributed by atoms with van der Waals surface area (Å²) in [5.41, 5.74) is 11.3. The number of rotatable bonds is 3. The maximum Gasteiger partial charge on any atom is 0.223 e. The second-order valence-corrected chi connectivity index (χ2v) is 6.49. The predicted octanol–water partition coefficient (Wildman–Crippen LogP) is 1.54. The molecule has 1 unspecified atom stereocenters. The first-order chi connectivity index (χ1) is 10.1. The van der Waals surface area contributed by atoms with Crippen LogP contribution in [0.25, 0.3) is 10.2 Å². The average Bonchev–Trinajstić information content (AvgIpc) is 2.89. The van der Waals surface area contributed by atoms with Crippen LogP contribution in [0, 0.1) is 5.92 Å². The number of thiophene rings is 1.